The lowest BCUT2D eigenvalue weighted by Gasteiger charge is -2.35. The Labute approximate surface area is 205 Å². The van der Waals surface area contributed by atoms with Crippen molar-refractivity contribution in [2.24, 2.45) is 0 Å². The van der Waals surface area contributed by atoms with Crippen molar-refractivity contribution in [2.75, 3.05) is 4.90 Å². The standard InChI is InChI=1S/C29H28N4O2/c1-5-21-12-14-23(15-13-21)27-31-28(35-32-27)25-20(4)33(24-16-11-18(2)19(3)17-24)29(34)30-26(25)22-9-7-6-8-10-22/h6-17,26H,5H2,1-4H3,(H,30,34). The van der Waals surface area contributed by atoms with Crippen LogP contribution in [0.3, 0.4) is 0 Å². The molecule has 2 heterocycles. The summed E-state index contributed by atoms with van der Waals surface area (Å²) in [7, 11) is 0. The Morgan fingerprint density at radius 3 is 2.37 bits per heavy atom. The number of carbonyl (C=O) groups is 1. The first-order valence-electron chi connectivity index (χ1n) is 11.8. The van der Waals surface area contributed by atoms with Crippen LogP contribution in [0.25, 0.3) is 17.0 Å². The molecule has 0 aliphatic carbocycles. The van der Waals surface area contributed by atoms with Gasteiger partial charge in [-0.15, -0.1) is 0 Å². The van der Waals surface area contributed by atoms with Crippen molar-refractivity contribution in [3.63, 3.8) is 0 Å². The van der Waals surface area contributed by atoms with E-state index in [2.05, 4.69) is 36.5 Å². The van der Waals surface area contributed by atoms with Gasteiger partial charge in [0.1, 0.15) is 0 Å². The third kappa shape index (κ3) is 4.23. The molecule has 1 aliphatic rings. The van der Waals surface area contributed by atoms with E-state index in [-0.39, 0.29) is 6.03 Å². The second kappa shape index (κ2) is 9.22. The molecule has 35 heavy (non-hydrogen) atoms. The van der Waals surface area contributed by atoms with Crippen LogP contribution in [0, 0.1) is 13.8 Å². The van der Waals surface area contributed by atoms with Crippen molar-refractivity contribution < 1.29 is 9.32 Å². The molecule has 0 fully saturated rings. The number of hydrogen-bond acceptors (Lipinski definition) is 4. The smallest absolute Gasteiger partial charge is 0.326 e. The van der Waals surface area contributed by atoms with Crippen molar-refractivity contribution in [3.8, 4) is 11.4 Å². The number of carbonyl (C=O) groups excluding carboxylic acids is 1. The van der Waals surface area contributed by atoms with Gasteiger partial charge >= 0.3 is 6.03 Å². The second-order valence-electron chi connectivity index (χ2n) is 8.87. The molecule has 0 spiro atoms. The van der Waals surface area contributed by atoms with E-state index in [1.165, 1.54) is 11.1 Å². The number of urea groups is 1. The average molecular weight is 465 g/mol. The van der Waals surface area contributed by atoms with E-state index >= 15 is 0 Å². The summed E-state index contributed by atoms with van der Waals surface area (Å²) < 4.78 is 5.80. The number of nitrogens with zero attached hydrogens (tertiary/aromatic N) is 3. The molecule has 6 heteroatoms. The first-order chi connectivity index (χ1) is 17.0. The molecule has 6 nitrogen and oxygen atoms in total. The van der Waals surface area contributed by atoms with Crippen molar-refractivity contribution >= 4 is 17.3 Å². The summed E-state index contributed by atoms with van der Waals surface area (Å²) in [6.45, 7) is 8.15. The van der Waals surface area contributed by atoms with Crippen LogP contribution >= 0.6 is 0 Å². The molecule has 1 atom stereocenters. The van der Waals surface area contributed by atoms with E-state index in [1.54, 1.807) is 4.90 Å². The van der Waals surface area contributed by atoms with Crippen molar-refractivity contribution in [1.29, 1.82) is 0 Å². The maximum atomic E-state index is 13.4. The number of hydrogen-bond donors (Lipinski definition) is 1. The van der Waals surface area contributed by atoms with Gasteiger partial charge in [-0.3, -0.25) is 4.90 Å². The van der Waals surface area contributed by atoms with Gasteiger partial charge in [0, 0.05) is 11.3 Å². The van der Waals surface area contributed by atoms with Crippen molar-refractivity contribution in [1.82, 2.24) is 15.5 Å². The fourth-order valence-corrected chi connectivity index (χ4v) is 4.43. The Balaban J connectivity index is 1.63. The molecule has 0 saturated heterocycles. The molecule has 0 radical (unpaired) electrons. The van der Waals surface area contributed by atoms with Crippen LogP contribution < -0.4 is 10.2 Å². The normalized spacial score (nSPS) is 15.9. The molecule has 176 valence electrons. The molecule has 3 aromatic carbocycles. The zero-order chi connectivity index (χ0) is 24.5. The highest BCUT2D eigenvalue weighted by Crippen LogP contribution is 2.39. The van der Waals surface area contributed by atoms with Gasteiger partial charge in [0.2, 0.25) is 5.82 Å². The van der Waals surface area contributed by atoms with Crippen LogP contribution in [0.4, 0.5) is 10.5 Å². The summed E-state index contributed by atoms with van der Waals surface area (Å²) in [4.78, 5) is 19.8. The third-order valence-corrected chi connectivity index (χ3v) is 6.64. The first kappa shape index (κ1) is 22.6. The summed E-state index contributed by atoms with van der Waals surface area (Å²) in [5.74, 6) is 0.907. The van der Waals surface area contributed by atoms with E-state index in [0.717, 1.165) is 40.1 Å². The van der Waals surface area contributed by atoms with Gasteiger partial charge in [0.05, 0.1) is 17.3 Å². The number of nitrogens with one attached hydrogen (secondary N) is 1. The highest BCUT2D eigenvalue weighted by molar-refractivity contribution is 6.01. The number of benzene rings is 3. The molecule has 1 N–H and O–H groups in total. The van der Waals surface area contributed by atoms with Crippen LogP contribution in [0.2, 0.25) is 0 Å². The quantitative estimate of drug-likeness (QED) is 0.360. The summed E-state index contributed by atoms with van der Waals surface area (Å²) in [6.07, 6.45) is 0.969. The monoisotopic (exact) mass is 464 g/mol. The maximum Gasteiger partial charge on any atom is 0.326 e. The van der Waals surface area contributed by atoms with E-state index in [9.17, 15) is 4.79 Å². The number of aryl methyl sites for hydroxylation is 3. The highest BCUT2D eigenvalue weighted by atomic mass is 16.5. The Morgan fingerprint density at radius 1 is 0.943 bits per heavy atom. The van der Waals surface area contributed by atoms with Gasteiger partial charge in [0.15, 0.2) is 0 Å². The Bertz CT molecular complexity index is 1400. The van der Waals surface area contributed by atoms with Crippen LogP contribution in [0.1, 0.15) is 48.0 Å². The van der Waals surface area contributed by atoms with E-state index < -0.39 is 6.04 Å². The molecular formula is C29H28N4O2. The van der Waals surface area contributed by atoms with E-state index in [1.807, 2.05) is 74.5 Å². The predicted octanol–water partition coefficient (Wildman–Crippen LogP) is 6.62. The number of aromatic nitrogens is 2. The lowest BCUT2D eigenvalue weighted by Crippen LogP contribution is -2.46. The van der Waals surface area contributed by atoms with Crippen LogP contribution in [0.5, 0.6) is 0 Å². The van der Waals surface area contributed by atoms with Crippen molar-refractivity contribution in [2.45, 2.75) is 40.2 Å². The minimum absolute atomic E-state index is 0.196. The Hall–Kier alpha value is -4.19. The van der Waals surface area contributed by atoms with Crippen LogP contribution in [-0.4, -0.2) is 16.2 Å². The van der Waals surface area contributed by atoms with E-state index in [4.69, 9.17) is 9.51 Å². The fraction of sp³-hybridized carbons (Fsp3) is 0.207. The lowest BCUT2D eigenvalue weighted by atomic mass is 9.94. The van der Waals surface area contributed by atoms with Gasteiger partial charge in [-0.25, -0.2) is 4.79 Å². The molecular weight excluding hydrogens is 436 g/mol. The topological polar surface area (TPSA) is 71.3 Å². The van der Waals surface area contributed by atoms with Crippen molar-refractivity contribution in [3.05, 3.63) is 107 Å². The first-order valence-corrected chi connectivity index (χ1v) is 11.8. The molecule has 4 aromatic rings. The summed E-state index contributed by atoms with van der Waals surface area (Å²) in [5, 5.41) is 7.43. The van der Waals surface area contributed by atoms with Gasteiger partial charge in [-0.1, -0.05) is 72.7 Å². The molecule has 1 unspecified atom stereocenters. The van der Waals surface area contributed by atoms with E-state index in [0.29, 0.717) is 11.7 Å². The summed E-state index contributed by atoms with van der Waals surface area (Å²) in [6, 6.07) is 23.4. The zero-order valence-corrected chi connectivity index (χ0v) is 20.4. The predicted molar refractivity (Wildman–Crippen MR) is 138 cm³/mol. The zero-order valence-electron chi connectivity index (χ0n) is 20.4. The minimum Gasteiger partial charge on any atom is -0.334 e. The van der Waals surface area contributed by atoms with Crippen LogP contribution in [0.15, 0.2) is 83.0 Å². The molecule has 0 saturated carbocycles. The SMILES string of the molecule is CCc1ccc(-c2noc(C3=C(C)N(c4ccc(C)c(C)c4)C(=O)NC3c3ccccc3)n2)cc1. The Kier molecular flexibility index (Phi) is 5.95. The Morgan fingerprint density at radius 2 is 1.69 bits per heavy atom. The van der Waals surface area contributed by atoms with Gasteiger partial charge < -0.3 is 9.84 Å². The molecule has 2 amide bonds. The number of anilines is 1. The molecule has 5 rings (SSSR count). The average Bonchev–Trinajstić information content (AvgIpc) is 3.36. The minimum atomic E-state index is -0.415. The number of amides is 2. The number of allylic oxidation sites excluding steroid dienone is 1. The summed E-state index contributed by atoms with van der Waals surface area (Å²) >= 11 is 0. The fourth-order valence-electron chi connectivity index (χ4n) is 4.43. The number of rotatable bonds is 5. The maximum absolute atomic E-state index is 13.4. The lowest BCUT2D eigenvalue weighted by molar-refractivity contribution is 0.244. The van der Waals surface area contributed by atoms with Crippen LogP contribution in [-0.2, 0) is 6.42 Å². The molecule has 1 aromatic heterocycles. The highest BCUT2D eigenvalue weighted by Gasteiger charge is 2.36. The molecule has 1 aliphatic heterocycles. The van der Waals surface area contributed by atoms with Gasteiger partial charge in [-0.2, -0.15) is 4.98 Å². The molecule has 0 bridgehead atoms. The third-order valence-electron chi connectivity index (χ3n) is 6.64. The van der Waals surface area contributed by atoms with Gasteiger partial charge in [-0.05, 0) is 61.6 Å². The second-order valence-corrected chi connectivity index (χ2v) is 8.87. The van der Waals surface area contributed by atoms with Gasteiger partial charge in [0.25, 0.3) is 5.89 Å². The largest absolute Gasteiger partial charge is 0.334 e. The summed E-state index contributed by atoms with van der Waals surface area (Å²) in [5.41, 5.74) is 7.69.